The minimum absolute atomic E-state index is 0.162. The van der Waals surface area contributed by atoms with Gasteiger partial charge in [0.05, 0.1) is 5.56 Å². The highest BCUT2D eigenvalue weighted by atomic mass is 19.4. The molecule has 2 rings (SSSR count). The molecule has 1 saturated carbocycles. The molecule has 1 aliphatic carbocycles. The molecule has 0 bridgehead atoms. The highest BCUT2D eigenvalue weighted by molar-refractivity contribution is 5.26. The van der Waals surface area contributed by atoms with Gasteiger partial charge < -0.3 is 5.73 Å². The lowest BCUT2D eigenvalue weighted by atomic mass is 9.76. The molecule has 0 radical (unpaired) electrons. The van der Waals surface area contributed by atoms with Crippen molar-refractivity contribution in [1.29, 1.82) is 0 Å². The lowest BCUT2D eigenvalue weighted by molar-refractivity contribution is -0.137. The van der Waals surface area contributed by atoms with E-state index in [1.807, 2.05) is 0 Å². The number of benzene rings is 1. The van der Waals surface area contributed by atoms with E-state index in [4.69, 9.17) is 5.73 Å². The maximum Gasteiger partial charge on any atom is 0.416 e. The summed E-state index contributed by atoms with van der Waals surface area (Å²) in [7, 11) is 0. The quantitative estimate of drug-likeness (QED) is 0.828. The van der Waals surface area contributed by atoms with Crippen LogP contribution >= 0.6 is 0 Å². The van der Waals surface area contributed by atoms with Gasteiger partial charge in [0.1, 0.15) is 0 Å². The summed E-state index contributed by atoms with van der Waals surface area (Å²) in [6, 6.07) is 5.69. The molecule has 16 heavy (non-hydrogen) atoms. The van der Waals surface area contributed by atoms with Gasteiger partial charge in [-0.25, -0.2) is 0 Å². The van der Waals surface area contributed by atoms with Gasteiger partial charge in [-0.3, -0.25) is 0 Å². The first-order chi connectivity index (χ1) is 7.47. The van der Waals surface area contributed by atoms with Gasteiger partial charge in [-0.1, -0.05) is 18.2 Å². The van der Waals surface area contributed by atoms with Gasteiger partial charge in [-0.2, -0.15) is 13.2 Å². The molecular formula is C12H14F3N. The predicted molar refractivity (Wildman–Crippen MR) is 55.8 cm³/mol. The molecule has 0 saturated heterocycles. The number of alkyl halides is 3. The molecule has 88 valence electrons. The molecular weight excluding hydrogens is 215 g/mol. The zero-order chi connectivity index (χ0) is 11.8. The van der Waals surface area contributed by atoms with E-state index in [0.29, 0.717) is 12.3 Å². The Hall–Kier alpha value is -1.03. The Morgan fingerprint density at radius 1 is 1.25 bits per heavy atom. The molecule has 2 N–H and O–H groups in total. The zero-order valence-corrected chi connectivity index (χ0v) is 8.80. The topological polar surface area (TPSA) is 26.0 Å². The third kappa shape index (κ3) is 2.38. The lowest BCUT2D eigenvalue weighted by Crippen LogP contribution is -2.40. The van der Waals surface area contributed by atoms with Crippen LogP contribution in [-0.2, 0) is 12.6 Å². The summed E-state index contributed by atoms with van der Waals surface area (Å²) < 4.78 is 37.4. The van der Waals surface area contributed by atoms with Crippen LogP contribution in [0.4, 0.5) is 13.2 Å². The molecule has 1 aromatic rings. The second kappa shape index (κ2) is 4.09. The first kappa shape index (κ1) is 11.5. The Morgan fingerprint density at radius 3 is 2.50 bits per heavy atom. The summed E-state index contributed by atoms with van der Waals surface area (Å²) in [5.74, 6) is 0.350. The van der Waals surface area contributed by atoms with Crippen LogP contribution in [-0.4, -0.2) is 6.04 Å². The van der Waals surface area contributed by atoms with E-state index >= 15 is 0 Å². The maximum absolute atomic E-state index is 12.5. The van der Waals surface area contributed by atoms with E-state index in [1.165, 1.54) is 12.1 Å². The van der Waals surface area contributed by atoms with Gasteiger partial charge in [0, 0.05) is 6.04 Å². The first-order valence-corrected chi connectivity index (χ1v) is 5.38. The van der Waals surface area contributed by atoms with Gasteiger partial charge in [0.15, 0.2) is 0 Å². The average molecular weight is 229 g/mol. The Bertz CT molecular complexity index is 373. The van der Waals surface area contributed by atoms with Crippen molar-refractivity contribution in [2.45, 2.75) is 31.5 Å². The minimum Gasteiger partial charge on any atom is -0.327 e. The van der Waals surface area contributed by atoms with Gasteiger partial charge in [0.25, 0.3) is 0 Å². The van der Waals surface area contributed by atoms with Crippen molar-refractivity contribution in [1.82, 2.24) is 0 Å². The summed E-state index contributed by atoms with van der Waals surface area (Å²) in [6.07, 6.45) is -1.58. The van der Waals surface area contributed by atoms with E-state index in [1.54, 1.807) is 6.07 Å². The van der Waals surface area contributed by atoms with Crippen LogP contribution in [0.5, 0.6) is 0 Å². The predicted octanol–water partition coefficient (Wildman–Crippen LogP) is 2.99. The summed E-state index contributed by atoms with van der Waals surface area (Å²) in [5, 5.41) is 0. The van der Waals surface area contributed by atoms with Crippen LogP contribution in [0.25, 0.3) is 0 Å². The maximum atomic E-state index is 12.5. The van der Waals surface area contributed by atoms with Crippen molar-refractivity contribution in [3.8, 4) is 0 Å². The smallest absolute Gasteiger partial charge is 0.327 e. The van der Waals surface area contributed by atoms with Crippen LogP contribution in [0.1, 0.15) is 24.0 Å². The fraction of sp³-hybridized carbons (Fsp3) is 0.500. The van der Waals surface area contributed by atoms with Crippen molar-refractivity contribution >= 4 is 0 Å². The Balaban J connectivity index is 2.10. The average Bonchev–Trinajstić information content (AvgIpc) is 2.23. The highest BCUT2D eigenvalue weighted by Gasteiger charge is 2.31. The molecule has 2 atom stereocenters. The summed E-state index contributed by atoms with van der Waals surface area (Å²) in [5.41, 5.74) is 5.93. The van der Waals surface area contributed by atoms with E-state index in [-0.39, 0.29) is 6.04 Å². The molecule has 0 amide bonds. The normalized spacial score (nSPS) is 25.2. The number of rotatable bonds is 2. The second-order valence-electron chi connectivity index (χ2n) is 4.40. The van der Waals surface area contributed by atoms with Gasteiger partial charge in [-0.15, -0.1) is 0 Å². The Labute approximate surface area is 92.5 Å². The molecule has 2 unspecified atom stereocenters. The molecule has 0 aliphatic heterocycles. The van der Waals surface area contributed by atoms with Crippen LogP contribution in [0.2, 0.25) is 0 Å². The van der Waals surface area contributed by atoms with Crippen molar-refractivity contribution in [2.75, 3.05) is 0 Å². The molecule has 1 nitrogen and oxygen atoms in total. The van der Waals surface area contributed by atoms with Crippen LogP contribution in [0.3, 0.4) is 0 Å². The highest BCUT2D eigenvalue weighted by Crippen LogP contribution is 2.32. The second-order valence-corrected chi connectivity index (χ2v) is 4.40. The van der Waals surface area contributed by atoms with Gasteiger partial charge in [-0.05, 0) is 36.8 Å². The molecule has 0 heterocycles. The number of nitrogens with two attached hydrogens (primary N) is 1. The fourth-order valence-corrected chi connectivity index (χ4v) is 2.03. The fourth-order valence-electron chi connectivity index (χ4n) is 2.03. The summed E-state index contributed by atoms with van der Waals surface area (Å²) in [6.45, 7) is 0. The number of hydrogen-bond donors (Lipinski definition) is 1. The largest absolute Gasteiger partial charge is 0.416 e. The van der Waals surface area contributed by atoms with E-state index in [9.17, 15) is 13.2 Å². The molecule has 1 aromatic carbocycles. The third-order valence-corrected chi connectivity index (χ3v) is 3.23. The SMILES string of the molecule is NC1CCC1Cc1cccc(C(F)(F)F)c1. The standard InChI is InChI=1S/C12H14F3N/c13-12(14,15)10-3-1-2-8(7-10)6-9-4-5-11(9)16/h1-3,7,9,11H,4-6,16H2. The Morgan fingerprint density at radius 2 is 2.00 bits per heavy atom. The molecule has 1 fully saturated rings. The van der Waals surface area contributed by atoms with E-state index in [0.717, 1.165) is 24.5 Å². The number of halogens is 3. The zero-order valence-electron chi connectivity index (χ0n) is 8.80. The van der Waals surface area contributed by atoms with Crippen molar-refractivity contribution in [2.24, 2.45) is 11.7 Å². The van der Waals surface area contributed by atoms with Gasteiger partial charge in [0.2, 0.25) is 0 Å². The Kier molecular flexibility index (Phi) is 2.93. The molecule has 0 aromatic heterocycles. The van der Waals surface area contributed by atoms with Crippen LogP contribution < -0.4 is 5.73 Å². The third-order valence-electron chi connectivity index (χ3n) is 3.23. The first-order valence-electron chi connectivity index (χ1n) is 5.38. The van der Waals surface area contributed by atoms with Gasteiger partial charge >= 0.3 is 6.18 Å². The summed E-state index contributed by atoms with van der Waals surface area (Å²) in [4.78, 5) is 0. The van der Waals surface area contributed by atoms with E-state index < -0.39 is 11.7 Å². The van der Waals surface area contributed by atoms with Crippen molar-refractivity contribution < 1.29 is 13.2 Å². The van der Waals surface area contributed by atoms with Crippen molar-refractivity contribution in [3.63, 3.8) is 0 Å². The van der Waals surface area contributed by atoms with E-state index in [2.05, 4.69) is 0 Å². The van der Waals surface area contributed by atoms with Crippen molar-refractivity contribution in [3.05, 3.63) is 35.4 Å². The monoisotopic (exact) mass is 229 g/mol. The summed E-state index contributed by atoms with van der Waals surface area (Å²) >= 11 is 0. The molecule has 4 heteroatoms. The molecule has 0 spiro atoms. The lowest BCUT2D eigenvalue weighted by Gasteiger charge is -2.33. The van der Waals surface area contributed by atoms with Crippen LogP contribution in [0.15, 0.2) is 24.3 Å². The minimum atomic E-state index is -4.25. The molecule has 1 aliphatic rings. The van der Waals surface area contributed by atoms with Crippen LogP contribution in [0, 0.1) is 5.92 Å². The number of hydrogen-bond acceptors (Lipinski definition) is 1.